The van der Waals surface area contributed by atoms with Crippen LogP contribution in [0.4, 0.5) is 11.4 Å². The van der Waals surface area contributed by atoms with E-state index in [9.17, 15) is 0 Å². The van der Waals surface area contributed by atoms with Crippen LogP contribution in [0, 0.1) is 5.92 Å². The minimum Gasteiger partial charge on any atom is -0.476 e. The number of para-hydroxylation sites is 1. The van der Waals surface area contributed by atoms with E-state index in [4.69, 9.17) is 4.74 Å². The lowest BCUT2D eigenvalue weighted by Gasteiger charge is -2.22. The molecule has 0 aliphatic carbocycles. The van der Waals surface area contributed by atoms with E-state index in [1.54, 1.807) is 6.20 Å². The molecule has 2 heterocycles. The fourth-order valence-corrected chi connectivity index (χ4v) is 3.08. The van der Waals surface area contributed by atoms with Crippen molar-refractivity contribution >= 4 is 22.4 Å². The molecule has 0 amide bonds. The number of hydrogen-bond donors (Lipinski definition) is 2. The first-order valence-electron chi connectivity index (χ1n) is 8.79. The van der Waals surface area contributed by atoms with Crippen molar-refractivity contribution in [2.45, 2.75) is 12.8 Å². The van der Waals surface area contributed by atoms with Crippen molar-refractivity contribution in [3.8, 4) is 5.88 Å². The van der Waals surface area contributed by atoms with Crippen LogP contribution in [0.25, 0.3) is 11.0 Å². The Morgan fingerprint density at radius 3 is 2.68 bits per heavy atom. The molecule has 4 rings (SSSR count). The normalized spacial score (nSPS) is 15.2. The standard InChI is InChI=1S/C20H22N4O/c1-2-4-16(5-3-1)23-17-6-7-18-19(12-17)24-20(13-22-18)25-14-15-8-10-21-11-9-15/h1-7,12-13,15,21,23H,8-11,14H2. The van der Waals surface area contributed by atoms with Gasteiger partial charge in [-0.3, -0.25) is 0 Å². The number of ether oxygens (including phenoxy) is 1. The zero-order valence-electron chi connectivity index (χ0n) is 14.1. The summed E-state index contributed by atoms with van der Waals surface area (Å²) in [5.74, 6) is 1.20. The Kier molecular flexibility index (Phi) is 4.74. The van der Waals surface area contributed by atoms with Crippen molar-refractivity contribution in [1.82, 2.24) is 15.3 Å². The van der Waals surface area contributed by atoms with Gasteiger partial charge >= 0.3 is 0 Å². The van der Waals surface area contributed by atoms with Crippen LogP contribution in [0.5, 0.6) is 5.88 Å². The second kappa shape index (κ2) is 7.49. The number of nitrogens with one attached hydrogen (secondary N) is 2. The van der Waals surface area contributed by atoms with Crippen molar-refractivity contribution in [2.24, 2.45) is 5.92 Å². The van der Waals surface area contributed by atoms with Crippen molar-refractivity contribution in [1.29, 1.82) is 0 Å². The van der Waals surface area contributed by atoms with Crippen LogP contribution < -0.4 is 15.4 Å². The molecule has 0 radical (unpaired) electrons. The number of fused-ring (bicyclic) bond motifs is 1. The Labute approximate surface area is 147 Å². The second-order valence-corrected chi connectivity index (χ2v) is 6.41. The van der Waals surface area contributed by atoms with Gasteiger partial charge in [0.25, 0.3) is 0 Å². The summed E-state index contributed by atoms with van der Waals surface area (Å²) in [5, 5.41) is 6.76. The van der Waals surface area contributed by atoms with Crippen molar-refractivity contribution in [3.63, 3.8) is 0 Å². The highest BCUT2D eigenvalue weighted by Crippen LogP contribution is 2.22. The molecule has 5 heteroatoms. The van der Waals surface area contributed by atoms with Crippen molar-refractivity contribution < 1.29 is 4.74 Å². The summed E-state index contributed by atoms with van der Waals surface area (Å²) in [7, 11) is 0. The van der Waals surface area contributed by atoms with E-state index in [0.29, 0.717) is 18.4 Å². The predicted molar refractivity (Wildman–Crippen MR) is 100 cm³/mol. The largest absolute Gasteiger partial charge is 0.476 e. The SMILES string of the molecule is c1ccc(Nc2ccc3ncc(OCC4CCNCC4)nc3c2)cc1. The molecular weight excluding hydrogens is 312 g/mol. The highest BCUT2D eigenvalue weighted by molar-refractivity contribution is 5.80. The lowest BCUT2D eigenvalue weighted by atomic mass is 9.99. The van der Waals surface area contributed by atoms with Gasteiger partial charge in [0.1, 0.15) is 0 Å². The maximum atomic E-state index is 5.89. The molecule has 0 unspecified atom stereocenters. The molecule has 3 aromatic rings. The fourth-order valence-electron chi connectivity index (χ4n) is 3.08. The maximum Gasteiger partial charge on any atom is 0.232 e. The molecule has 2 aromatic carbocycles. The molecule has 1 aliphatic heterocycles. The summed E-state index contributed by atoms with van der Waals surface area (Å²) in [4.78, 5) is 9.09. The number of rotatable bonds is 5. The molecule has 5 nitrogen and oxygen atoms in total. The minimum atomic E-state index is 0.600. The molecule has 1 aliphatic rings. The maximum absolute atomic E-state index is 5.89. The Hall–Kier alpha value is -2.66. The van der Waals surface area contributed by atoms with E-state index in [1.165, 1.54) is 0 Å². The van der Waals surface area contributed by atoms with Gasteiger partial charge in [0.2, 0.25) is 5.88 Å². The van der Waals surface area contributed by atoms with Gasteiger partial charge in [-0.05, 0) is 62.2 Å². The highest BCUT2D eigenvalue weighted by atomic mass is 16.5. The van der Waals surface area contributed by atoms with Crippen LogP contribution in [0.1, 0.15) is 12.8 Å². The van der Waals surface area contributed by atoms with Gasteiger partial charge in [0.05, 0.1) is 23.8 Å². The van der Waals surface area contributed by atoms with Gasteiger partial charge in [0.15, 0.2) is 0 Å². The third-order valence-corrected chi connectivity index (χ3v) is 4.51. The zero-order valence-corrected chi connectivity index (χ0v) is 14.1. The number of anilines is 2. The summed E-state index contributed by atoms with van der Waals surface area (Å²) in [5.41, 5.74) is 3.74. The topological polar surface area (TPSA) is 59.1 Å². The van der Waals surface area contributed by atoms with Crippen LogP contribution >= 0.6 is 0 Å². The second-order valence-electron chi connectivity index (χ2n) is 6.41. The van der Waals surface area contributed by atoms with Gasteiger partial charge in [-0.15, -0.1) is 0 Å². The van der Waals surface area contributed by atoms with E-state index in [-0.39, 0.29) is 0 Å². The van der Waals surface area contributed by atoms with Gasteiger partial charge in [0, 0.05) is 11.4 Å². The molecular formula is C20H22N4O. The first-order chi connectivity index (χ1) is 12.4. The monoisotopic (exact) mass is 334 g/mol. The predicted octanol–water partition coefficient (Wildman–Crippen LogP) is 3.75. The number of benzene rings is 2. The molecule has 1 saturated heterocycles. The number of aromatic nitrogens is 2. The molecule has 25 heavy (non-hydrogen) atoms. The third-order valence-electron chi connectivity index (χ3n) is 4.51. The van der Waals surface area contributed by atoms with Crippen LogP contribution in [-0.4, -0.2) is 29.7 Å². The van der Waals surface area contributed by atoms with E-state index in [1.807, 2.05) is 48.5 Å². The summed E-state index contributed by atoms with van der Waals surface area (Å²) >= 11 is 0. The van der Waals surface area contributed by atoms with E-state index in [0.717, 1.165) is 48.3 Å². The zero-order chi connectivity index (χ0) is 16.9. The van der Waals surface area contributed by atoms with Gasteiger partial charge in [-0.1, -0.05) is 18.2 Å². The van der Waals surface area contributed by atoms with Crippen LogP contribution in [-0.2, 0) is 0 Å². The average Bonchev–Trinajstić information content (AvgIpc) is 2.68. The molecule has 1 fully saturated rings. The van der Waals surface area contributed by atoms with E-state index >= 15 is 0 Å². The molecule has 128 valence electrons. The number of piperidine rings is 1. The van der Waals surface area contributed by atoms with Crippen molar-refractivity contribution in [3.05, 3.63) is 54.7 Å². The summed E-state index contributed by atoms with van der Waals surface area (Å²) in [6.45, 7) is 2.86. The third kappa shape index (κ3) is 4.06. The Balaban J connectivity index is 1.48. The lowest BCUT2D eigenvalue weighted by molar-refractivity contribution is 0.209. The van der Waals surface area contributed by atoms with Crippen molar-refractivity contribution in [2.75, 3.05) is 25.0 Å². The molecule has 0 spiro atoms. The smallest absolute Gasteiger partial charge is 0.232 e. The lowest BCUT2D eigenvalue weighted by Crippen LogP contribution is -2.30. The Morgan fingerprint density at radius 2 is 1.84 bits per heavy atom. The summed E-state index contributed by atoms with van der Waals surface area (Å²) < 4.78 is 5.89. The van der Waals surface area contributed by atoms with E-state index < -0.39 is 0 Å². The molecule has 0 atom stereocenters. The number of nitrogens with zero attached hydrogens (tertiary/aromatic N) is 2. The number of hydrogen-bond acceptors (Lipinski definition) is 5. The van der Waals surface area contributed by atoms with Gasteiger partial charge < -0.3 is 15.4 Å². The van der Waals surface area contributed by atoms with Crippen LogP contribution in [0.2, 0.25) is 0 Å². The highest BCUT2D eigenvalue weighted by Gasteiger charge is 2.14. The summed E-state index contributed by atoms with van der Waals surface area (Å²) in [6.07, 6.45) is 4.03. The van der Waals surface area contributed by atoms with Gasteiger partial charge in [-0.25, -0.2) is 9.97 Å². The minimum absolute atomic E-state index is 0.600. The Bertz CT molecular complexity index is 831. The molecule has 0 saturated carbocycles. The fraction of sp³-hybridized carbons (Fsp3) is 0.300. The molecule has 0 bridgehead atoms. The Morgan fingerprint density at radius 1 is 1.00 bits per heavy atom. The van der Waals surface area contributed by atoms with Gasteiger partial charge in [-0.2, -0.15) is 0 Å². The van der Waals surface area contributed by atoms with Crippen LogP contribution in [0.3, 0.4) is 0 Å². The van der Waals surface area contributed by atoms with Crippen LogP contribution in [0.15, 0.2) is 54.7 Å². The summed E-state index contributed by atoms with van der Waals surface area (Å²) in [6, 6.07) is 16.1. The first-order valence-corrected chi connectivity index (χ1v) is 8.79. The molecule has 1 aromatic heterocycles. The first kappa shape index (κ1) is 15.8. The quantitative estimate of drug-likeness (QED) is 0.744. The van der Waals surface area contributed by atoms with E-state index in [2.05, 4.69) is 20.6 Å². The molecule has 2 N–H and O–H groups in total. The average molecular weight is 334 g/mol.